The molecule has 0 unspecified atom stereocenters. The lowest BCUT2D eigenvalue weighted by molar-refractivity contribution is -0.141. The van der Waals surface area contributed by atoms with Crippen molar-refractivity contribution in [2.75, 3.05) is 75.2 Å². The molecule has 9 rings (SSSR count). The summed E-state index contributed by atoms with van der Waals surface area (Å²) in [5.74, 6) is 0.509. The number of nitrogens with one attached hydrogen (secondary N) is 1. The molecule has 4 fully saturated rings. The number of hydrogen-bond acceptors (Lipinski definition) is 17. The van der Waals surface area contributed by atoms with Gasteiger partial charge in [-0.1, -0.05) is 66.6 Å². The first-order chi connectivity index (χ1) is 35.5. The van der Waals surface area contributed by atoms with E-state index in [-0.39, 0.29) is 60.7 Å². The second-order valence-electron chi connectivity index (χ2n) is 21.0. The lowest BCUT2D eigenvalue weighted by Gasteiger charge is -2.39. The number of piperidine rings is 2. The molecule has 3 amide bonds. The van der Waals surface area contributed by atoms with E-state index < -0.39 is 18.1 Å². The Balaban J connectivity index is 0.795. The van der Waals surface area contributed by atoms with Crippen LogP contribution in [0.25, 0.3) is 10.4 Å². The first kappa shape index (κ1) is 53.6. The van der Waals surface area contributed by atoms with Crippen molar-refractivity contribution >= 4 is 64.1 Å². The third kappa shape index (κ3) is 12.2. The Morgan fingerprint density at radius 2 is 1.69 bits per heavy atom. The number of aliphatic hydroxyl groups is 2. The van der Waals surface area contributed by atoms with E-state index in [1.807, 2.05) is 49.4 Å². The maximum absolute atomic E-state index is 14.4. The van der Waals surface area contributed by atoms with Crippen LogP contribution in [0.1, 0.15) is 99.7 Å². The smallest absolute Gasteiger partial charge is 0.243 e. The van der Waals surface area contributed by atoms with Crippen molar-refractivity contribution < 1.29 is 29.1 Å². The van der Waals surface area contributed by atoms with Crippen LogP contribution in [-0.4, -0.2) is 151 Å². The van der Waals surface area contributed by atoms with Crippen molar-refractivity contribution in [2.24, 2.45) is 17.6 Å². The van der Waals surface area contributed by atoms with E-state index in [9.17, 15) is 24.6 Å². The maximum atomic E-state index is 14.4. The fraction of sp³-hybridized carbons (Fsp3) is 0.547. The Morgan fingerprint density at radius 3 is 2.34 bits per heavy atom. The topological polar surface area (TPSA) is 224 Å². The zero-order chi connectivity index (χ0) is 52.3. The minimum atomic E-state index is -0.858. The van der Waals surface area contributed by atoms with Crippen molar-refractivity contribution in [3.05, 3.63) is 87.7 Å². The van der Waals surface area contributed by atoms with E-state index in [2.05, 4.69) is 54.2 Å². The average Bonchev–Trinajstić information content (AvgIpc) is 4.15. The number of halogens is 1. The second kappa shape index (κ2) is 23.3. The molecule has 0 aliphatic carbocycles. The quantitative estimate of drug-likeness (QED) is 0.0861. The van der Waals surface area contributed by atoms with Gasteiger partial charge in [0.15, 0.2) is 5.82 Å². The van der Waals surface area contributed by atoms with Crippen LogP contribution >= 0.6 is 34.7 Å². The minimum absolute atomic E-state index is 0.0533. The van der Waals surface area contributed by atoms with Gasteiger partial charge in [-0.05, 0) is 76.0 Å². The highest BCUT2D eigenvalue weighted by Crippen LogP contribution is 2.39. The van der Waals surface area contributed by atoms with E-state index in [0.717, 1.165) is 52.5 Å². The molecule has 0 saturated carbocycles. The van der Waals surface area contributed by atoms with Crippen molar-refractivity contribution in [1.82, 2.24) is 45.1 Å². The third-order valence-electron chi connectivity index (χ3n) is 15.2. The molecule has 74 heavy (non-hydrogen) atoms. The summed E-state index contributed by atoms with van der Waals surface area (Å²) in [4.78, 5) is 73.2. The van der Waals surface area contributed by atoms with Gasteiger partial charge in [0.25, 0.3) is 0 Å². The van der Waals surface area contributed by atoms with Crippen LogP contribution in [0.3, 0.4) is 0 Å². The highest BCUT2D eigenvalue weighted by Gasteiger charge is 2.44. The van der Waals surface area contributed by atoms with E-state index >= 15 is 0 Å². The van der Waals surface area contributed by atoms with Gasteiger partial charge in [-0.25, -0.2) is 19.9 Å². The van der Waals surface area contributed by atoms with E-state index in [1.165, 1.54) is 16.7 Å². The number of β-amino-alcohol motifs (C(OH)–C–C–N with tert-alkyl or cyclic N) is 1. The third-order valence-corrected chi connectivity index (χ3v) is 17.6. The molecule has 0 spiro atoms. The molecule has 4 aromatic heterocycles. The first-order valence-electron chi connectivity index (χ1n) is 25.9. The molecule has 21 heteroatoms. The molecule has 8 heterocycles. The lowest BCUT2D eigenvalue weighted by atomic mass is 9.91. The Labute approximate surface area is 446 Å². The van der Waals surface area contributed by atoms with Crippen LogP contribution in [0.2, 0.25) is 5.02 Å². The fourth-order valence-corrected chi connectivity index (χ4v) is 12.7. The van der Waals surface area contributed by atoms with Gasteiger partial charge in [-0.3, -0.25) is 19.3 Å². The van der Waals surface area contributed by atoms with Crippen LogP contribution in [-0.2, 0) is 21.0 Å². The van der Waals surface area contributed by atoms with Crippen molar-refractivity contribution in [3.8, 4) is 10.4 Å². The molecule has 0 bridgehead atoms. The SMILES string of the molecule is Cc1cc([C@H](C(=O)N2C[C@H](O)C[C@H]2C(=O)N[C@@H](CCN2CCN(C(=O)C3CCN(c4nccc(Sc5cnc(N6CCC(C)(N)CC6)c(CO)n5)c4Cl)CC3)CC2)c2ccc(-c3scnc3C)cc2)C(C)C)on1. The predicted octanol–water partition coefficient (Wildman–Crippen LogP) is 6.22. The summed E-state index contributed by atoms with van der Waals surface area (Å²) in [6, 6.07) is 10.6. The van der Waals surface area contributed by atoms with Gasteiger partial charge >= 0.3 is 0 Å². The number of benzene rings is 1. The van der Waals surface area contributed by atoms with E-state index in [0.29, 0.717) is 104 Å². The van der Waals surface area contributed by atoms with Gasteiger partial charge in [0.05, 0.1) is 51.7 Å². The standard InChI is InChI=1S/C53H69ClN12O6S2/c1-32(2)45(42-26-33(3)61-72-42)52(71)66-29-38(68)27-41(66)50(69)60-39(35-6-8-36(9-7-35)47-34(4)58-31-73-47)13-17-62-22-24-65(25-23-62)51(70)37-11-18-63(19-12-37)49-46(54)43(10-16-56-49)74-44-28-57-48(40(30-67)59-44)64-20-14-53(5,55)15-21-64/h6-10,16,26,28,31-32,37-39,41,45,67-68H,11-15,17-25,27,29-30,55H2,1-5H3,(H,60,69)/t38-,39+,41+,45-/m1/s1. The van der Waals surface area contributed by atoms with Gasteiger partial charge in [-0.15, -0.1) is 11.3 Å². The molecule has 396 valence electrons. The summed E-state index contributed by atoms with van der Waals surface area (Å²) in [5, 5.41) is 29.6. The monoisotopic (exact) mass is 1070 g/mol. The molecule has 5 N–H and O–H groups in total. The van der Waals surface area contributed by atoms with Gasteiger partial charge in [-0.2, -0.15) is 0 Å². The van der Waals surface area contributed by atoms with Crippen molar-refractivity contribution in [1.29, 1.82) is 0 Å². The number of amides is 3. The molecule has 4 atom stereocenters. The van der Waals surface area contributed by atoms with E-state index in [1.54, 1.807) is 36.7 Å². The number of anilines is 2. The summed E-state index contributed by atoms with van der Waals surface area (Å²) in [5.41, 5.74) is 12.1. The number of aromatic nitrogens is 5. The van der Waals surface area contributed by atoms with Crippen molar-refractivity contribution in [2.45, 2.75) is 119 Å². The number of thiazole rings is 1. The number of rotatable bonds is 16. The molecule has 0 radical (unpaired) electrons. The van der Waals surface area contributed by atoms with Crippen LogP contribution in [0.5, 0.6) is 0 Å². The van der Waals surface area contributed by atoms with Crippen LogP contribution in [0.15, 0.2) is 68.7 Å². The second-order valence-corrected chi connectivity index (χ2v) is 23.3. The van der Waals surface area contributed by atoms with Gasteiger partial charge in [0, 0.05) is 100 Å². The maximum Gasteiger partial charge on any atom is 0.243 e. The molecule has 4 aliphatic heterocycles. The molecular formula is C53H69ClN12O6S2. The highest BCUT2D eigenvalue weighted by atomic mass is 35.5. The Kier molecular flexibility index (Phi) is 16.9. The number of pyridine rings is 1. The lowest BCUT2D eigenvalue weighted by Crippen LogP contribution is -2.52. The molecule has 4 aliphatic rings. The number of carbonyl (C=O) groups is 3. The highest BCUT2D eigenvalue weighted by molar-refractivity contribution is 7.99. The summed E-state index contributed by atoms with van der Waals surface area (Å²) >= 11 is 10.0. The molecular weight excluding hydrogens is 1000 g/mol. The summed E-state index contributed by atoms with van der Waals surface area (Å²) in [6.07, 6.45) is 6.39. The zero-order valence-electron chi connectivity index (χ0n) is 43.0. The normalized spacial score (nSPS) is 20.6. The van der Waals surface area contributed by atoms with Gasteiger partial charge in [0.2, 0.25) is 17.7 Å². The molecule has 5 aromatic rings. The van der Waals surface area contributed by atoms with Crippen LogP contribution < -0.4 is 20.9 Å². The number of carbonyl (C=O) groups excluding carboxylic acids is 3. The molecule has 18 nitrogen and oxygen atoms in total. The number of aliphatic hydroxyl groups excluding tert-OH is 2. The zero-order valence-corrected chi connectivity index (χ0v) is 45.3. The number of nitrogens with zero attached hydrogens (tertiary/aromatic N) is 10. The molecule has 1 aromatic carbocycles. The van der Waals surface area contributed by atoms with E-state index in [4.69, 9.17) is 31.8 Å². The summed E-state index contributed by atoms with van der Waals surface area (Å²) < 4.78 is 5.55. The van der Waals surface area contributed by atoms with Gasteiger partial charge in [0.1, 0.15) is 34.3 Å². The molecule has 4 saturated heterocycles. The van der Waals surface area contributed by atoms with Crippen LogP contribution in [0.4, 0.5) is 11.6 Å². The van der Waals surface area contributed by atoms with Crippen molar-refractivity contribution in [3.63, 3.8) is 0 Å². The van der Waals surface area contributed by atoms with Gasteiger partial charge < -0.3 is 45.4 Å². The fourth-order valence-electron chi connectivity index (χ4n) is 10.8. The number of aryl methyl sites for hydroxylation is 2. The Morgan fingerprint density at radius 1 is 0.973 bits per heavy atom. The number of piperazine rings is 1. The van der Waals surface area contributed by atoms with Crippen LogP contribution in [0, 0.1) is 25.7 Å². The number of nitrogens with two attached hydrogens (primary N) is 1. The summed E-state index contributed by atoms with van der Waals surface area (Å²) in [7, 11) is 0. The summed E-state index contributed by atoms with van der Waals surface area (Å²) in [6.45, 7) is 15.6. The predicted molar refractivity (Wildman–Crippen MR) is 286 cm³/mol. The number of hydrogen-bond donors (Lipinski definition) is 4. The average molecular weight is 1070 g/mol. The Hall–Kier alpha value is -5.22. The largest absolute Gasteiger partial charge is 0.391 e. The number of likely N-dealkylation sites (tertiary alicyclic amines) is 1. The minimum Gasteiger partial charge on any atom is -0.391 e. The Bertz CT molecular complexity index is 2750. The first-order valence-corrected chi connectivity index (χ1v) is 27.9.